The molecule has 7 heteroatoms. The third kappa shape index (κ3) is 4.97. The molecule has 0 bridgehead atoms. The smallest absolute Gasteiger partial charge is 0.407 e. The van der Waals surface area contributed by atoms with Crippen LogP contribution in [0.3, 0.4) is 0 Å². The van der Waals surface area contributed by atoms with E-state index < -0.39 is 29.5 Å². The summed E-state index contributed by atoms with van der Waals surface area (Å²) in [4.78, 5) is 37.4. The minimum absolute atomic E-state index is 0.0279. The Morgan fingerprint density at radius 1 is 0.900 bits per heavy atom. The maximum absolute atomic E-state index is 12.9. The summed E-state index contributed by atoms with van der Waals surface area (Å²) in [5.41, 5.74) is -0.268. The molecule has 1 aliphatic rings. The Hall–Kier alpha value is -3.35. The number of hydrogen-bond donors (Lipinski definition) is 2. The summed E-state index contributed by atoms with van der Waals surface area (Å²) < 4.78 is 10.6. The Bertz CT molecular complexity index is 870. The molecule has 2 unspecified atom stereocenters. The molecule has 0 radical (unpaired) electrons. The third-order valence-corrected chi connectivity index (χ3v) is 5.37. The van der Waals surface area contributed by atoms with E-state index in [9.17, 15) is 19.5 Å². The molecule has 2 aromatic rings. The SMILES string of the molecule is O=C(NC1CCCCC1(C(=O)O)C(=O)OCc1ccccc1)OCc1ccccc1. The molecular weight excluding hydrogens is 386 g/mol. The first-order chi connectivity index (χ1) is 14.5. The van der Waals surface area contributed by atoms with E-state index in [0.717, 1.165) is 11.1 Å². The largest absolute Gasteiger partial charge is 0.480 e. The van der Waals surface area contributed by atoms with Gasteiger partial charge in [0.25, 0.3) is 0 Å². The molecule has 7 nitrogen and oxygen atoms in total. The molecule has 30 heavy (non-hydrogen) atoms. The normalized spacial score (nSPS) is 20.7. The predicted molar refractivity (Wildman–Crippen MR) is 108 cm³/mol. The third-order valence-electron chi connectivity index (χ3n) is 5.37. The number of alkyl carbamates (subject to hydrolysis) is 1. The number of carboxylic acids is 1. The van der Waals surface area contributed by atoms with Gasteiger partial charge in [0.2, 0.25) is 0 Å². The molecule has 0 spiro atoms. The van der Waals surface area contributed by atoms with E-state index >= 15 is 0 Å². The highest BCUT2D eigenvalue weighted by Crippen LogP contribution is 2.38. The van der Waals surface area contributed by atoms with Crippen LogP contribution in [0.15, 0.2) is 60.7 Å². The van der Waals surface area contributed by atoms with Gasteiger partial charge in [0.1, 0.15) is 13.2 Å². The number of nitrogens with one attached hydrogen (secondary N) is 1. The standard InChI is InChI=1S/C23H25NO6/c25-20(26)23(21(27)29-15-17-9-3-1-4-10-17)14-8-7-13-19(23)24-22(28)30-16-18-11-5-2-6-12-18/h1-6,9-12,19H,7-8,13-16H2,(H,24,28)(H,25,26). The highest BCUT2D eigenvalue weighted by molar-refractivity contribution is 6.00. The molecule has 2 atom stereocenters. The van der Waals surface area contributed by atoms with Crippen LogP contribution in [0, 0.1) is 5.41 Å². The molecule has 1 fully saturated rings. The first-order valence-corrected chi connectivity index (χ1v) is 9.94. The number of carboxylic acid groups (broad SMARTS) is 1. The first-order valence-electron chi connectivity index (χ1n) is 9.94. The molecule has 0 aromatic heterocycles. The molecule has 0 heterocycles. The van der Waals surface area contributed by atoms with Crippen molar-refractivity contribution in [1.29, 1.82) is 0 Å². The van der Waals surface area contributed by atoms with Gasteiger partial charge in [0, 0.05) is 0 Å². The number of benzene rings is 2. The molecule has 1 saturated carbocycles. The summed E-state index contributed by atoms with van der Waals surface area (Å²) in [7, 11) is 0. The molecule has 2 N–H and O–H groups in total. The number of amides is 1. The van der Waals surface area contributed by atoms with Crippen molar-refractivity contribution >= 4 is 18.0 Å². The fourth-order valence-electron chi connectivity index (χ4n) is 3.71. The van der Waals surface area contributed by atoms with E-state index in [-0.39, 0.29) is 19.6 Å². The summed E-state index contributed by atoms with van der Waals surface area (Å²) in [6.45, 7) is 0.0256. The average Bonchev–Trinajstić information content (AvgIpc) is 2.77. The van der Waals surface area contributed by atoms with Gasteiger partial charge >= 0.3 is 18.0 Å². The zero-order valence-corrected chi connectivity index (χ0v) is 16.6. The van der Waals surface area contributed by atoms with Crippen molar-refractivity contribution < 1.29 is 29.0 Å². The summed E-state index contributed by atoms with van der Waals surface area (Å²) in [6.07, 6.45) is 0.953. The molecule has 158 valence electrons. The van der Waals surface area contributed by atoms with Crippen LogP contribution in [0.1, 0.15) is 36.8 Å². The number of aliphatic carboxylic acids is 1. The molecule has 0 aliphatic heterocycles. The Morgan fingerprint density at radius 3 is 2.03 bits per heavy atom. The molecule has 1 aliphatic carbocycles. The second-order valence-electron chi connectivity index (χ2n) is 7.34. The zero-order chi connectivity index (χ0) is 21.4. The lowest BCUT2D eigenvalue weighted by molar-refractivity contribution is -0.174. The molecule has 0 saturated heterocycles. The van der Waals surface area contributed by atoms with Crippen molar-refractivity contribution in [3.8, 4) is 0 Å². The second-order valence-corrected chi connectivity index (χ2v) is 7.34. The van der Waals surface area contributed by atoms with Gasteiger partial charge in [-0.05, 0) is 24.0 Å². The lowest BCUT2D eigenvalue weighted by Crippen LogP contribution is -2.58. The maximum Gasteiger partial charge on any atom is 0.407 e. The van der Waals surface area contributed by atoms with E-state index in [1.54, 1.807) is 12.1 Å². The second kappa shape index (κ2) is 9.91. The highest BCUT2D eigenvalue weighted by atomic mass is 16.6. The zero-order valence-electron chi connectivity index (χ0n) is 16.6. The topological polar surface area (TPSA) is 102 Å². The number of ether oxygens (including phenoxy) is 2. The van der Waals surface area contributed by atoms with Crippen LogP contribution in [-0.4, -0.2) is 29.2 Å². The van der Waals surface area contributed by atoms with Gasteiger partial charge in [-0.15, -0.1) is 0 Å². The van der Waals surface area contributed by atoms with Crippen molar-refractivity contribution in [3.05, 3.63) is 71.8 Å². The van der Waals surface area contributed by atoms with Gasteiger partial charge in [0.15, 0.2) is 5.41 Å². The first kappa shape index (κ1) is 21.4. The lowest BCUT2D eigenvalue weighted by Gasteiger charge is -2.38. The van der Waals surface area contributed by atoms with Gasteiger partial charge in [-0.1, -0.05) is 73.5 Å². The molecule has 1 amide bonds. The number of carbonyl (C=O) groups excluding carboxylic acids is 2. The van der Waals surface area contributed by atoms with Crippen LogP contribution in [0.2, 0.25) is 0 Å². The van der Waals surface area contributed by atoms with Crippen molar-refractivity contribution in [2.45, 2.75) is 44.9 Å². The van der Waals surface area contributed by atoms with E-state index in [1.807, 2.05) is 48.5 Å². The van der Waals surface area contributed by atoms with Gasteiger partial charge in [0.05, 0.1) is 6.04 Å². The van der Waals surface area contributed by atoms with Gasteiger partial charge in [-0.2, -0.15) is 0 Å². The summed E-state index contributed by atoms with van der Waals surface area (Å²) in [6, 6.07) is 17.3. The molecular formula is C23H25NO6. The Labute approximate surface area is 175 Å². The summed E-state index contributed by atoms with van der Waals surface area (Å²) in [5.74, 6) is -2.14. The summed E-state index contributed by atoms with van der Waals surface area (Å²) in [5, 5.41) is 12.6. The highest BCUT2D eigenvalue weighted by Gasteiger charge is 2.55. The number of rotatable bonds is 7. The van der Waals surface area contributed by atoms with Crippen molar-refractivity contribution in [1.82, 2.24) is 5.32 Å². The van der Waals surface area contributed by atoms with Gasteiger partial charge < -0.3 is 19.9 Å². The van der Waals surface area contributed by atoms with Crippen LogP contribution >= 0.6 is 0 Å². The van der Waals surface area contributed by atoms with Crippen LogP contribution in [0.5, 0.6) is 0 Å². The van der Waals surface area contributed by atoms with Crippen LogP contribution in [0.25, 0.3) is 0 Å². The maximum atomic E-state index is 12.9. The Morgan fingerprint density at radius 2 is 1.47 bits per heavy atom. The lowest BCUT2D eigenvalue weighted by atomic mass is 9.70. The number of carbonyl (C=O) groups is 3. The van der Waals surface area contributed by atoms with Crippen molar-refractivity contribution in [2.75, 3.05) is 0 Å². The Kier molecular flexibility index (Phi) is 7.06. The van der Waals surface area contributed by atoms with Crippen molar-refractivity contribution in [3.63, 3.8) is 0 Å². The van der Waals surface area contributed by atoms with Crippen LogP contribution in [0.4, 0.5) is 4.79 Å². The van der Waals surface area contributed by atoms with Crippen molar-refractivity contribution in [2.24, 2.45) is 5.41 Å². The fraction of sp³-hybridized carbons (Fsp3) is 0.348. The quantitative estimate of drug-likeness (QED) is 0.532. The number of esters is 1. The van der Waals surface area contributed by atoms with E-state index in [1.165, 1.54) is 0 Å². The van der Waals surface area contributed by atoms with Crippen LogP contribution in [-0.2, 0) is 32.3 Å². The fourth-order valence-corrected chi connectivity index (χ4v) is 3.71. The average molecular weight is 411 g/mol. The van der Waals surface area contributed by atoms with E-state index in [4.69, 9.17) is 9.47 Å². The van der Waals surface area contributed by atoms with Gasteiger partial charge in [-0.25, -0.2) is 4.79 Å². The minimum Gasteiger partial charge on any atom is -0.480 e. The monoisotopic (exact) mass is 411 g/mol. The van der Waals surface area contributed by atoms with E-state index in [2.05, 4.69) is 5.32 Å². The Balaban J connectivity index is 1.68. The number of hydrogen-bond acceptors (Lipinski definition) is 5. The van der Waals surface area contributed by atoms with E-state index in [0.29, 0.717) is 19.3 Å². The molecule has 3 rings (SSSR count). The predicted octanol–water partition coefficient (Wildman–Crippen LogP) is 3.67. The minimum atomic E-state index is -1.83. The van der Waals surface area contributed by atoms with Gasteiger partial charge in [-0.3, -0.25) is 9.59 Å². The van der Waals surface area contributed by atoms with Crippen LogP contribution < -0.4 is 5.32 Å². The summed E-state index contributed by atoms with van der Waals surface area (Å²) >= 11 is 0. The molecule has 2 aromatic carbocycles.